The van der Waals surface area contributed by atoms with Crippen molar-refractivity contribution in [3.05, 3.63) is 59.4 Å². The van der Waals surface area contributed by atoms with E-state index in [0.717, 1.165) is 18.9 Å². The summed E-state index contributed by atoms with van der Waals surface area (Å²) in [6, 6.07) is 10.6. The number of hydrogen-bond donors (Lipinski definition) is 1. The number of pyridine rings is 1. The van der Waals surface area contributed by atoms with E-state index in [4.69, 9.17) is 4.74 Å². The van der Waals surface area contributed by atoms with E-state index in [0.29, 0.717) is 5.92 Å². The summed E-state index contributed by atoms with van der Waals surface area (Å²) in [5.74, 6) is 1.36. The fraction of sp³-hybridized carbons (Fsp3) is 0.353. The van der Waals surface area contributed by atoms with Gasteiger partial charge in [-0.05, 0) is 36.7 Å². The lowest BCUT2D eigenvalue weighted by Gasteiger charge is -2.25. The summed E-state index contributed by atoms with van der Waals surface area (Å²) < 4.78 is 5.84. The summed E-state index contributed by atoms with van der Waals surface area (Å²) in [6.07, 6.45) is 3.82. The van der Waals surface area contributed by atoms with Crippen LogP contribution in [-0.4, -0.2) is 18.1 Å². The molecule has 1 N–H and O–H groups in total. The molecule has 2 unspecified atom stereocenters. The highest BCUT2D eigenvalue weighted by Gasteiger charge is 2.32. The van der Waals surface area contributed by atoms with Crippen molar-refractivity contribution in [1.82, 2.24) is 10.3 Å². The predicted octanol–water partition coefficient (Wildman–Crippen LogP) is 3.22. The van der Waals surface area contributed by atoms with Crippen LogP contribution in [0.2, 0.25) is 0 Å². The molecule has 0 saturated heterocycles. The second-order valence-corrected chi connectivity index (χ2v) is 5.22. The zero-order chi connectivity index (χ0) is 13.9. The number of hydrogen-bond acceptors (Lipinski definition) is 3. The van der Waals surface area contributed by atoms with Crippen molar-refractivity contribution in [1.29, 1.82) is 0 Å². The molecule has 0 fully saturated rings. The summed E-state index contributed by atoms with van der Waals surface area (Å²) in [4.78, 5) is 4.30. The van der Waals surface area contributed by atoms with Crippen LogP contribution in [0.1, 0.15) is 35.6 Å². The lowest BCUT2D eigenvalue weighted by Crippen LogP contribution is -2.28. The molecule has 0 amide bonds. The lowest BCUT2D eigenvalue weighted by atomic mass is 9.87. The van der Waals surface area contributed by atoms with Gasteiger partial charge in [-0.25, -0.2) is 0 Å². The van der Waals surface area contributed by atoms with Crippen molar-refractivity contribution in [3.63, 3.8) is 0 Å². The van der Waals surface area contributed by atoms with Gasteiger partial charge in [-0.1, -0.05) is 25.1 Å². The Hall–Kier alpha value is -1.87. The molecule has 1 aromatic carbocycles. The van der Waals surface area contributed by atoms with Gasteiger partial charge < -0.3 is 10.1 Å². The van der Waals surface area contributed by atoms with Crippen LogP contribution in [0, 0.1) is 6.92 Å². The number of likely N-dealkylation sites (N-methyl/N-ethyl adjacent to an activating group) is 1. The summed E-state index contributed by atoms with van der Waals surface area (Å²) in [6.45, 7) is 5.94. The van der Waals surface area contributed by atoms with Crippen LogP contribution in [0.4, 0.5) is 0 Å². The zero-order valence-electron chi connectivity index (χ0n) is 12.0. The Morgan fingerprint density at radius 1 is 1.35 bits per heavy atom. The van der Waals surface area contributed by atoms with E-state index in [1.54, 1.807) is 0 Å². The zero-order valence-corrected chi connectivity index (χ0v) is 12.0. The Kier molecular flexibility index (Phi) is 3.70. The molecule has 3 nitrogen and oxygen atoms in total. The third-order valence-electron chi connectivity index (χ3n) is 3.98. The number of aryl methyl sites for hydroxylation is 1. The molecule has 20 heavy (non-hydrogen) atoms. The molecule has 0 saturated carbocycles. The molecule has 3 heteroatoms. The summed E-state index contributed by atoms with van der Waals surface area (Å²) in [5.41, 5.74) is 3.83. The van der Waals surface area contributed by atoms with Gasteiger partial charge in [0.05, 0.1) is 6.61 Å². The number of fused-ring (bicyclic) bond motifs is 1. The van der Waals surface area contributed by atoms with E-state index in [2.05, 4.69) is 48.4 Å². The van der Waals surface area contributed by atoms with Gasteiger partial charge in [0, 0.05) is 29.9 Å². The highest BCUT2D eigenvalue weighted by molar-refractivity contribution is 5.42. The average Bonchev–Trinajstić information content (AvgIpc) is 2.90. The molecule has 104 valence electrons. The first-order chi connectivity index (χ1) is 9.81. The lowest BCUT2D eigenvalue weighted by molar-refractivity contribution is 0.300. The molecule has 0 aliphatic carbocycles. The molecular formula is C17H20N2O. The standard InChI is InChI=1S/C17H20N2O/c1-3-19-17(14-10-18-9-8-12(14)2)15-11-20-16-7-5-4-6-13(15)16/h4-10,15,17,19H,3,11H2,1-2H3. The van der Waals surface area contributed by atoms with E-state index in [9.17, 15) is 0 Å². The summed E-state index contributed by atoms with van der Waals surface area (Å²) in [5, 5.41) is 3.60. The van der Waals surface area contributed by atoms with Gasteiger partial charge in [0.1, 0.15) is 5.75 Å². The molecule has 3 rings (SSSR count). The SMILES string of the molecule is CCNC(c1cnccc1C)C1COc2ccccc21. The van der Waals surface area contributed by atoms with Crippen LogP contribution in [0.15, 0.2) is 42.7 Å². The van der Waals surface area contributed by atoms with Gasteiger partial charge in [-0.2, -0.15) is 0 Å². The molecule has 1 aliphatic heterocycles. The van der Waals surface area contributed by atoms with Crippen LogP contribution in [-0.2, 0) is 0 Å². The number of para-hydroxylation sites is 1. The number of aromatic nitrogens is 1. The molecule has 2 aromatic rings. The highest BCUT2D eigenvalue weighted by Crippen LogP contribution is 2.41. The van der Waals surface area contributed by atoms with Crippen LogP contribution in [0.25, 0.3) is 0 Å². The second-order valence-electron chi connectivity index (χ2n) is 5.22. The molecular weight excluding hydrogens is 248 g/mol. The van der Waals surface area contributed by atoms with Gasteiger partial charge in [-0.3, -0.25) is 4.98 Å². The Morgan fingerprint density at radius 3 is 3.00 bits per heavy atom. The summed E-state index contributed by atoms with van der Waals surface area (Å²) in [7, 11) is 0. The van der Waals surface area contributed by atoms with Gasteiger partial charge in [0.25, 0.3) is 0 Å². The fourth-order valence-electron chi connectivity index (χ4n) is 2.95. The minimum atomic E-state index is 0.248. The average molecular weight is 268 g/mol. The molecule has 0 radical (unpaired) electrons. The number of benzene rings is 1. The van der Waals surface area contributed by atoms with Crippen molar-refractivity contribution in [3.8, 4) is 5.75 Å². The van der Waals surface area contributed by atoms with E-state index >= 15 is 0 Å². The van der Waals surface area contributed by atoms with Crippen molar-refractivity contribution >= 4 is 0 Å². The van der Waals surface area contributed by atoms with Crippen LogP contribution in [0.5, 0.6) is 5.75 Å². The Morgan fingerprint density at radius 2 is 2.20 bits per heavy atom. The number of ether oxygens (including phenoxy) is 1. The molecule has 0 bridgehead atoms. The quantitative estimate of drug-likeness (QED) is 0.924. The van der Waals surface area contributed by atoms with Gasteiger partial charge in [0.15, 0.2) is 0 Å². The maximum absolute atomic E-state index is 5.84. The minimum Gasteiger partial charge on any atom is -0.493 e. The first-order valence-corrected chi connectivity index (χ1v) is 7.17. The highest BCUT2D eigenvalue weighted by atomic mass is 16.5. The third-order valence-corrected chi connectivity index (χ3v) is 3.98. The topological polar surface area (TPSA) is 34.2 Å². The van der Waals surface area contributed by atoms with E-state index in [1.165, 1.54) is 16.7 Å². The first-order valence-electron chi connectivity index (χ1n) is 7.17. The van der Waals surface area contributed by atoms with Crippen LogP contribution in [0.3, 0.4) is 0 Å². The van der Waals surface area contributed by atoms with E-state index < -0.39 is 0 Å². The largest absolute Gasteiger partial charge is 0.493 e. The van der Waals surface area contributed by atoms with Crippen molar-refractivity contribution in [2.75, 3.05) is 13.2 Å². The van der Waals surface area contributed by atoms with Gasteiger partial charge in [0.2, 0.25) is 0 Å². The minimum absolute atomic E-state index is 0.248. The van der Waals surface area contributed by atoms with Gasteiger partial charge >= 0.3 is 0 Å². The molecule has 2 atom stereocenters. The Labute approximate surface area is 120 Å². The Balaban J connectivity index is 1.99. The monoisotopic (exact) mass is 268 g/mol. The van der Waals surface area contributed by atoms with E-state index in [1.807, 2.05) is 18.5 Å². The van der Waals surface area contributed by atoms with Crippen LogP contribution < -0.4 is 10.1 Å². The Bertz CT molecular complexity index is 597. The maximum Gasteiger partial charge on any atom is 0.122 e. The third kappa shape index (κ3) is 2.29. The first kappa shape index (κ1) is 13.1. The number of nitrogens with zero attached hydrogens (tertiary/aromatic N) is 1. The number of rotatable bonds is 4. The van der Waals surface area contributed by atoms with Crippen molar-refractivity contribution in [2.45, 2.75) is 25.8 Å². The molecule has 1 aliphatic rings. The molecule has 2 heterocycles. The normalized spacial score (nSPS) is 18.4. The fourth-order valence-corrected chi connectivity index (χ4v) is 2.95. The van der Waals surface area contributed by atoms with Crippen LogP contribution >= 0.6 is 0 Å². The molecule has 0 spiro atoms. The van der Waals surface area contributed by atoms with E-state index in [-0.39, 0.29) is 6.04 Å². The van der Waals surface area contributed by atoms with Gasteiger partial charge in [-0.15, -0.1) is 0 Å². The second kappa shape index (κ2) is 5.63. The van der Waals surface area contributed by atoms with Crippen molar-refractivity contribution < 1.29 is 4.74 Å². The smallest absolute Gasteiger partial charge is 0.122 e. The van der Waals surface area contributed by atoms with Crippen molar-refractivity contribution in [2.24, 2.45) is 0 Å². The molecule has 1 aromatic heterocycles. The summed E-state index contributed by atoms with van der Waals surface area (Å²) >= 11 is 0. The number of nitrogens with one attached hydrogen (secondary N) is 1. The predicted molar refractivity (Wildman–Crippen MR) is 80.1 cm³/mol. The maximum atomic E-state index is 5.84.